The highest BCUT2D eigenvalue weighted by molar-refractivity contribution is 6.29. The Bertz CT molecular complexity index is 466. The molecule has 0 aromatic carbocycles. The van der Waals surface area contributed by atoms with Gasteiger partial charge in [-0.05, 0) is 19.1 Å². The van der Waals surface area contributed by atoms with Crippen LogP contribution in [0.4, 0.5) is 19.0 Å². The van der Waals surface area contributed by atoms with Gasteiger partial charge in [0.05, 0.1) is 19.1 Å². The third-order valence-corrected chi connectivity index (χ3v) is 2.41. The minimum atomic E-state index is -4.51. The van der Waals surface area contributed by atoms with Crippen molar-refractivity contribution in [1.82, 2.24) is 4.98 Å². The van der Waals surface area contributed by atoms with Gasteiger partial charge in [0, 0.05) is 6.04 Å². The third-order valence-electron chi connectivity index (χ3n) is 2.22. The molecule has 8 heteroatoms. The van der Waals surface area contributed by atoms with E-state index in [4.69, 9.17) is 11.6 Å². The molecule has 19 heavy (non-hydrogen) atoms. The molecule has 0 aliphatic carbocycles. The first-order valence-corrected chi connectivity index (χ1v) is 5.68. The summed E-state index contributed by atoms with van der Waals surface area (Å²) in [5.41, 5.74) is -0.903. The molecule has 4 nitrogen and oxygen atoms in total. The molecule has 1 atom stereocenters. The summed E-state index contributed by atoms with van der Waals surface area (Å²) < 4.78 is 42.1. The molecule has 1 N–H and O–H groups in total. The lowest BCUT2D eigenvalue weighted by molar-refractivity contribution is -0.141. The molecule has 0 aliphatic rings. The molecule has 0 bridgehead atoms. The van der Waals surface area contributed by atoms with E-state index in [0.29, 0.717) is 0 Å². The summed E-state index contributed by atoms with van der Waals surface area (Å²) in [6.45, 7) is 1.62. The molecule has 0 amide bonds. The molecule has 1 unspecified atom stereocenters. The standard InChI is InChI=1S/C11H12ClF3N2O2/c1-6(3-10(18)19-2)16-9-5-7(11(13,14)15)4-8(12)17-9/h4-6H,3H2,1-2H3,(H,16,17). The number of aromatic nitrogens is 1. The predicted molar refractivity (Wildman–Crippen MR) is 64.0 cm³/mol. The van der Waals surface area contributed by atoms with Gasteiger partial charge in [0.15, 0.2) is 0 Å². The third kappa shape index (κ3) is 4.94. The van der Waals surface area contributed by atoms with E-state index in [1.807, 2.05) is 0 Å². The monoisotopic (exact) mass is 296 g/mol. The smallest absolute Gasteiger partial charge is 0.416 e. The number of methoxy groups -OCH3 is 1. The minimum Gasteiger partial charge on any atom is -0.469 e. The second-order valence-electron chi connectivity index (χ2n) is 3.89. The number of rotatable bonds is 4. The quantitative estimate of drug-likeness (QED) is 0.685. The van der Waals surface area contributed by atoms with Crippen LogP contribution in [-0.2, 0) is 15.7 Å². The first-order chi connectivity index (χ1) is 8.72. The summed E-state index contributed by atoms with van der Waals surface area (Å²) >= 11 is 5.53. The fourth-order valence-corrected chi connectivity index (χ4v) is 1.58. The van der Waals surface area contributed by atoms with Crippen LogP contribution in [0, 0.1) is 0 Å². The zero-order valence-corrected chi connectivity index (χ0v) is 11.0. The lowest BCUT2D eigenvalue weighted by Gasteiger charge is -2.15. The summed E-state index contributed by atoms with van der Waals surface area (Å²) in [4.78, 5) is 14.7. The molecule has 1 aromatic rings. The number of ether oxygens (including phenoxy) is 1. The molecule has 0 radical (unpaired) electrons. The minimum absolute atomic E-state index is 0.00600. The average Bonchev–Trinajstić information content (AvgIpc) is 2.26. The van der Waals surface area contributed by atoms with Crippen molar-refractivity contribution in [1.29, 1.82) is 0 Å². The number of nitrogens with one attached hydrogen (secondary N) is 1. The number of halogens is 4. The highest BCUT2D eigenvalue weighted by Gasteiger charge is 2.31. The van der Waals surface area contributed by atoms with Crippen molar-refractivity contribution in [2.75, 3.05) is 12.4 Å². The van der Waals surface area contributed by atoms with Crippen molar-refractivity contribution in [3.05, 3.63) is 22.8 Å². The molecule has 0 saturated carbocycles. The maximum Gasteiger partial charge on any atom is 0.416 e. The first-order valence-electron chi connectivity index (χ1n) is 5.30. The van der Waals surface area contributed by atoms with Gasteiger partial charge in [-0.1, -0.05) is 11.6 Å². The Morgan fingerprint density at radius 1 is 1.53 bits per heavy atom. The number of carbonyl (C=O) groups excluding carboxylic acids is 1. The summed E-state index contributed by atoms with van der Waals surface area (Å²) in [6.07, 6.45) is -4.50. The highest BCUT2D eigenvalue weighted by atomic mass is 35.5. The number of alkyl halides is 3. The highest BCUT2D eigenvalue weighted by Crippen LogP contribution is 2.32. The fraction of sp³-hybridized carbons (Fsp3) is 0.455. The second kappa shape index (κ2) is 6.10. The molecule has 0 spiro atoms. The van der Waals surface area contributed by atoms with E-state index in [1.54, 1.807) is 6.92 Å². The summed E-state index contributed by atoms with van der Waals surface area (Å²) in [5, 5.41) is 2.39. The largest absolute Gasteiger partial charge is 0.469 e. The number of nitrogens with zero attached hydrogens (tertiary/aromatic N) is 1. The van der Waals surface area contributed by atoms with Gasteiger partial charge in [-0.25, -0.2) is 4.98 Å². The van der Waals surface area contributed by atoms with Crippen LogP contribution in [0.1, 0.15) is 18.9 Å². The molecular weight excluding hydrogens is 285 g/mol. The number of hydrogen-bond donors (Lipinski definition) is 1. The van der Waals surface area contributed by atoms with Crippen LogP contribution in [0.2, 0.25) is 5.15 Å². The molecule has 106 valence electrons. The van der Waals surface area contributed by atoms with Crippen LogP contribution in [0.25, 0.3) is 0 Å². The van der Waals surface area contributed by atoms with E-state index < -0.39 is 23.8 Å². The molecule has 1 heterocycles. The van der Waals surface area contributed by atoms with Gasteiger partial charge in [0.2, 0.25) is 0 Å². The number of pyridine rings is 1. The Morgan fingerprint density at radius 3 is 2.68 bits per heavy atom. The lowest BCUT2D eigenvalue weighted by Crippen LogP contribution is -2.21. The Hall–Kier alpha value is -1.50. The average molecular weight is 297 g/mol. The van der Waals surface area contributed by atoms with Gasteiger partial charge in [0.25, 0.3) is 0 Å². The van der Waals surface area contributed by atoms with Crippen molar-refractivity contribution < 1.29 is 22.7 Å². The fourth-order valence-electron chi connectivity index (χ4n) is 1.37. The van der Waals surface area contributed by atoms with Gasteiger partial charge in [-0.3, -0.25) is 4.79 Å². The molecule has 1 aromatic heterocycles. The zero-order valence-electron chi connectivity index (χ0n) is 10.2. The number of esters is 1. The van der Waals surface area contributed by atoms with Crippen molar-refractivity contribution in [3.8, 4) is 0 Å². The van der Waals surface area contributed by atoms with Crippen molar-refractivity contribution in [2.24, 2.45) is 0 Å². The Balaban J connectivity index is 2.84. The molecule has 0 aliphatic heterocycles. The van der Waals surface area contributed by atoms with E-state index in [2.05, 4.69) is 15.0 Å². The van der Waals surface area contributed by atoms with Crippen molar-refractivity contribution in [2.45, 2.75) is 25.6 Å². The van der Waals surface area contributed by atoms with Crippen LogP contribution in [0.5, 0.6) is 0 Å². The van der Waals surface area contributed by atoms with Crippen LogP contribution < -0.4 is 5.32 Å². The van der Waals surface area contributed by atoms with E-state index in [-0.39, 0.29) is 17.4 Å². The van der Waals surface area contributed by atoms with E-state index >= 15 is 0 Å². The summed E-state index contributed by atoms with van der Waals surface area (Å²) in [6, 6.07) is 1.14. The molecular formula is C11H12ClF3N2O2. The Labute approximate surface area is 112 Å². The SMILES string of the molecule is COC(=O)CC(C)Nc1cc(C(F)(F)F)cc(Cl)n1. The van der Waals surface area contributed by atoms with Crippen LogP contribution >= 0.6 is 11.6 Å². The normalized spacial score (nSPS) is 12.9. The van der Waals surface area contributed by atoms with Gasteiger partial charge in [0.1, 0.15) is 11.0 Å². The lowest BCUT2D eigenvalue weighted by atomic mass is 10.2. The second-order valence-corrected chi connectivity index (χ2v) is 4.27. The summed E-state index contributed by atoms with van der Waals surface area (Å²) in [7, 11) is 1.23. The first kappa shape index (κ1) is 15.6. The van der Waals surface area contributed by atoms with Crippen LogP contribution in [0.15, 0.2) is 12.1 Å². The molecule has 0 saturated heterocycles. The zero-order chi connectivity index (χ0) is 14.6. The van der Waals surface area contributed by atoms with Crippen molar-refractivity contribution in [3.63, 3.8) is 0 Å². The van der Waals surface area contributed by atoms with Crippen LogP contribution in [-0.4, -0.2) is 24.1 Å². The van der Waals surface area contributed by atoms with E-state index in [9.17, 15) is 18.0 Å². The Kier molecular flexibility index (Phi) is 4.99. The number of carbonyl (C=O) groups is 1. The predicted octanol–water partition coefficient (Wildman–Crippen LogP) is 3.12. The molecule has 1 rings (SSSR count). The van der Waals surface area contributed by atoms with E-state index in [0.717, 1.165) is 12.1 Å². The van der Waals surface area contributed by atoms with Gasteiger partial charge < -0.3 is 10.1 Å². The van der Waals surface area contributed by atoms with Crippen LogP contribution in [0.3, 0.4) is 0 Å². The maximum atomic E-state index is 12.6. The van der Waals surface area contributed by atoms with Gasteiger partial charge >= 0.3 is 12.1 Å². The topological polar surface area (TPSA) is 51.2 Å². The maximum absolute atomic E-state index is 12.6. The molecule has 0 fully saturated rings. The van der Waals surface area contributed by atoms with Gasteiger partial charge in [-0.2, -0.15) is 13.2 Å². The Morgan fingerprint density at radius 2 is 2.16 bits per heavy atom. The summed E-state index contributed by atoms with van der Waals surface area (Å²) in [5.74, 6) is -0.519. The number of hydrogen-bond acceptors (Lipinski definition) is 4. The van der Waals surface area contributed by atoms with Gasteiger partial charge in [-0.15, -0.1) is 0 Å². The van der Waals surface area contributed by atoms with E-state index in [1.165, 1.54) is 7.11 Å². The van der Waals surface area contributed by atoms with Crippen molar-refractivity contribution >= 4 is 23.4 Å². The number of anilines is 1.